The van der Waals surface area contributed by atoms with Gasteiger partial charge in [-0.3, -0.25) is 14.4 Å². The molecule has 2 aromatic carbocycles. The highest BCUT2D eigenvalue weighted by molar-refractivity contribution is 6.03. The first-order chi connectivity index (χ1) is 16.3. The highest BCUT2D eigenvalue weighted by Gasteiger charge is 2.62. The molecule has 2 aromatic rings. The molecule has 0 radical (unpaired) electrons. The highest BCUT2D eigenvalue weighted by atomic mass is 16.5. The summed E-state index contributed by atoms with van der Waals surface area (Å²) in [4.78, 5) is 46.5. The molecular formula is C27H31N3O4. The van der Waals surface area contributed by atoms with Gasteiger partial charge in [-0.05, 0) is 44.5 Å². The number of ether oxygens (including phenoxy) is 1. The Labute approximate surface area is 200 Å². The highest BCUT2D eigenvalue weighted by Crippen LogP contribution is 2.48. The number of benzene rings is 2. The van der Waals surface area contributed by atoms with E-state index in [4.69, 9.17) is 4.74 Å². The maximum Gasteiger partial charge on any atom is 0.255 e. The normalized spacial score (nSPS) is 21.5. The number of amides is 3. The van der Waals surface area contributed by atoms with E-state index in [1.807, 2.05) is 79.1 Å². The minimum atomic E-state index is -0.769. The molecule has 0 aromatic heterocycles. The van der Waals surface area contributed by atoms with Crippen LogP contribution in [0.2, 0.25) is 0 Å². The van der Waals surface area contributed by atoms with E-state index in [-0.39, 0.29) is 23.8 Å². The van der Waals surface area contributed by atoms with Crippen LogP contribution < -0.4 is 0 Å². The smallest absolute Gasteiger partial charge is 0.255 e. The molecule has 0 aliphatic carbocycles. The van der Waals surface area contributed by atoms with Gasteiger partial charge in [0.15, 0.2) is 0 Å². The molecule has 0 bridgehead atoms. The molecule has 2 fully saturated rings. The fourth-order valence-electron chi connectivity index (χ4n) is 5.84. The first-order valence-electron chi connectivity index (χ1n) is 12.0. The number of carbonyl (C=O) groups excluding carboxylic acids is 3. The second-order valence-corrected chi connectivity index (χ2v) is 9.86. The van der Waals surface area contributed by atoms with Crippen LogP contribution in [-0.2, 0) is 9.53 Å². The predicted octanol–water partition coefficient (Wildman–Crippen LogP) is 2.70. The van der Waals surface area contributed by atoms with Gasteiger partial charge in [0, 0.05) is 43.3 Å². The maximum absolute atomic E-state index is 14.0. The van der Waals surface area contributed by atoms with E-state index in [1.54, 1.807) is 4.90 Å². The zero-order valence-corrected chi connectivity index (χ0v) is 20.0. The molecule has 34 heavy (non-hydrogen) atoms. The molecule has 3 amide bonds. The van der Waals surface area contributed by atoms with Crippen LogP contribution in [-0.4, -0.2) is 83.4 Å². The van der Waals surface area contributed by atoms with E-state index >= 15 is 0 Å². The number of nitrogens with zero attached hydrogens (tertiary/aromatic N) is 3. The standard InChI is InChI=1S/C27H31N3O4/c1-18(2)30-25(32)22-10-5-4-9-21(22)23(26(33)28-11-13-34-14-12-28)27(30)16-29(17-27)24(31)20-8-6-7-19(3)15-20/h4-10,15,18,23H,11-14,16-17H2,1-3H3. The molecule has 3 aliphatic heterocycles. The molecule has 5 rings (SSSR count). The van der Waals surface area contributed by atoms with Crippen molar-refractivity contribution in [1.29, 1.82) is 0 Å². The topological polar surface area (TPSA) is 70.2 Å². The van der Waals surface area contributed by atoms with Gasteiger partial charge >= 0.3 is 0 Å². The summed E-state index contributed by atoms with van der Waals surface area (Å²) in [5, 5.41) is 0. The van der Waals surface area contributed by atoms with E-state index in [1.165, 1.54) is 0 Å². The van der Waals surface area contributed by atoms with Gasteiger partial charge in [-0.2, -0.15) is 0 Å². The van der Waals surface area contributed by atoms with Gasteiger partial charge in [0.05, 0.1) is 24.7 Å². The molecule has 1 spiro atoms. The van der Waals surface area contributed by atoms with E-state index in [2.05, 4.69) is 0 Å². The fourth-order valence-corrected chi connectivity index (χ4v) is 5.84. The lowest BCUT2D eigenvalue weighted by molar-refractivity contribution is -0.146. The second-order valence-electron chi connectivity index (χ2n) is 9.86. The van der Waals surface area contributed by atoms with Crippen LogP contribution in [0.1, 0.15) is 51.6 Å². The van der Waals surface area contributed by atoms with Crippen molar-refractivity contribution < 1.29 is 19.1 Å². The van der Waals surface area contributed by atoms with Crippen molar-refractivity contribution in [2.45, 2.75) is 38.3 Å². The SMILES string of the molecule is Cc1cccc(C(=O)N2CC3(C2)C(C(=O)N2CCOCC2)c2ccccc2C(=O)N3C(C)C)c1. The third kappa shape index (κ3) is 3.50. The third-order valence-electron chi connectivity index (χ3n) is 7.31. The fraction of sp³-hybridized carbons (Fsp3) is 0.444. The lowest BCUT2D eigenvalue weighted by atomic mass is 9.67. The number of aryl methyl sites for hydroxylation is 1. The molecule has 7 nitrogen and oxygen atoms in total. The van der Waals surface area contributed by atoms with E-state index < -0.39 is 11.5 Å². The van der Waals surface area contributed by atoms with Crippen molar-refractivity contribution in [1.82, 2.24) is 14.7 Å². The Hall–Kier alpha value is -3.19. The van der Waals surface area contributed by atoms with Crippen LogP contribution >= 0.6 is 0 Å². The number of morpholine rings is 1. The van der Waals surface area contributed by atoms with Crippen LogP contribution in [0.25, 0.3) is 0 Å². The van der Waals surface area contributed by atoms with Crippen molar-refractivity contribution in [2.75, 3.05) is 39.4 Å². The van der Waals surface area contributed by atoms with E-state index in [0.29, 0.717) is 50.5 Å². The first kappa shape index (κ1) is 22.6. The monoisotopic (exact) mass is 461 g/mol. The minimum absolute atomic E-state index is 0.0107. The second kappa shape index (κ2) is 8.55. The van der Waals surface area contributed by atoms with Crippen molar-refractivity contribution in [2.24, 2.45) is 0 Å². The van der Waals surface area contributed by atoms with Gasteiger partial charge in [0.1, 0.15) is 0 Å². The Kier molecular flexibility index (Phi) is 5.68. The molecule has 178 valence electrons. The van der Waals surface area contributed by atoms with E-state index in [0.717, 1.165) is 11.1 Å². The Bertz CT molecular complexity index is 1130. The van der Waals surface area contributed by atoms with Gasteiger partial charge in [0.2, 0.25) is 5.91 Å². The van der Waals surface area contributed by atoms with Crippen molar-refractivity contribution in [3.63, 3.8) is 0 Å². The predicted molar refractivity (Wildman–Crippen MR) is 128 cm³/mol. The summed E-state index contributed by atoms with van der Waals surface area (Å²) < 4.78 is 5.47. The van der Waals surface area contributed by atoms with Gasteiger partial charge in [-0.15, -0.1) is 0 Å². The number of hydrogen-bond donors (Lipinski definition) is 0. The zero-order valence-electron chi connectivity index (χ0n) is 20.0. The molecule has 0 N–H and O–H groups in total. The van der Waals surface area contributed by atoms with Crippen LogP contribution in [0.4, 0.5) is 0 Å². The lowest BCUT2D eigenvalue weighted by Crippen LogP contribution is -2.78. The summed E-state index contributed by atoms with van der Waals surface area (Å²) in [7, 11) is 0. The summed E-state index contributed by atoms with van der Waals surface area (Å²) in [6.07, 6.45) is 0. The Morgan fingerprint density at radius 3 is 2.38 bits per heavy atom. The quantitative estimate of drug-likeness (QED) is 0.705. The molecule has 1 unspecified atom stereocenters. The van der Waals surface area contributed by atoms with Gasteiger partial charge in [-0.1, -0.05) is 35.9 Å². The zero-order chi connectivity index (χ0) is 24.0. The molecule has 7 heteroatoms. The third-order valence-corrected chi connectivity index (χ3v) is 7.31. The number of rotatable bonds is 3. The van der Waals surface area contributed by atoms with Gasteiger partial charge < -0.3 is 19.4 Å². The van der Waals surface area contributed by atoms with E-state index in [9.17, 15) is 14.4 Å². The van der Waals surface area contributed by atoms with Crippen molar-refractivity contribution >= 4 is 17.7 Å². The van der Waals surface area contributed by atoms with Crippen molar-refractivity contribution in [3.05, 3.63) is 70.8 Å². The average molecular weight is 462 g/mol. The summed E-state index contributed by atoms with van der Waals surface area (Å²) in [6.45, 7) is 8.68. The Balaban J connectivity index is 1.55. The summed E-state index contributed by atoms with van der Waals surface area (Å²) >= 11 is 0. The molecule has 2 saturated heterocycles. The van der Waals surface area contributed by atoms with Gasteiger partial charge in [-0.25, -0.2) is 0 Å². The number of fused-ring (bicyclic) bond motifs is 1. The maximum atomic E-state index is 14.0. The lowest BCUT2D eigenvalue weighted by Gasteiger charge is -2.62. The first-order valence-corrected chi connectivity index (χ1v) is 12.0. The molecule has 3 aliphatic rings. The van der Waals surface area contributed by atoms with Gasteiger partial charge in [0.25, 0.3) is 11.8 Å². The summed E-state index contributed by atoms with van der Waals surface area (Å²) in [5.74, 6) is -0.652. The van der Waals surface area contributed by atoms with Crippen LogP contribution in [0.15, 0.2) is 48.5 Å². The van der Waals surface area contributed by atoms with Crippen LogP contribution in [0, 0.1) is 6.92 Å². The summed E-state index contributed by atoms with van der Waals surface area (Å²) in [5.41, 5.74) is 2.23. The number of hydrogen-bond acceptors (Lipinski definition) is 4. The molecule has 3 heterocycles. The van der Waals surface area contributed by atoms with Crippen LogP contribution in [0.3, 0.4) is 0 Å². The van der Waals surface area contributed by atoms with Crippen LogP contribution in [0.5, 0.6) is 0 Å². The number of carbonyl (C=O) groups is 3. The molecule has 0 saturated carbocycles. The molecular weight excluding hydrogens is 430 g/mol. The van der Waals surface area contributed by atoms with Crippen molar-refractivity contribution in [3.8, 4) is 0 Å². The molecule has 1 atom stereocenters. The Morgan fingerprint density at radius 2 is 1.71 bits per heavy atom. The largest absolute Gasteiger partial charge is 0.378 e. The Morgan fingerprint density at radius 1 is 1.00 bits per heavy atom. The minimum Gasteiger partial charge on any atom is -0.378 e. The average Bonchev–Trinajstić information content (AvgIpc) is 2.82. The summed E-state index contributed by atoms with van der Waals surface area (Å²) in [6, 6.07) is 14.9. The number of likely N-dealkylation sites (tertiary alicyclic amines) is 1.